The van der Waals surface area contributed by atoms with Gasteiger partial charge in [0.25, 0.3) is 17.7 Å². The maximum atomic E-state index is 12.5. The predicted molar refractivity (Wildman–Crippen MR) is 127 cm³/mol. The lowest BCUT2D eigenvalue weighted by molar-refractivity contribution is 0.0844. The average Bonchev–Trinajstić information content (AvgIpc) is 2.81. The minimum atomic E-state index is -0.486. The van der Waals surface area contributed by atoms with Crippen molar-refractivity contribution in [3.8, 4) is 5.75 Å². The van der Waals surface area contributed by atoms with Gasteiger partial charge >= 0.3 is 0 Å². The van der Waals surface area contributed by atoms with Crippen LogP contribution in [0.15, 0.2) is 72.8 Å². The van der Waals surface area contributed by atoms with Gasteiger partial charge in [-0.25, -0.2) is 0 Å². The van der Waals surface area contributed by atoms with Crippen molar-refractivity contribution in [1.29, 1.82) is 0 Å². The highest BCUT2D eigenvalue weighted by molar-refractivity contribution is 6.05. The zero-order chi connectivity index (χ0) is 23.8. The van der Waals surface area contributed by atoms with Gasteiger partial charge in [-0.05, 0) is 61.4 Å². The fourth-order valence-electron chi connectivity index (χ4n) is 2.98. The molecule has 0 unspecified atom stereocenters. The summed E-state index contributed by atoms with van der Waals surface area (Å²) in [6.07, 6.45) is 0. The van der Waals surface area contributed by atoms with Crippen LogP contribution in [-0.4, -0.2) is 24.3 Å². The molecule has 3 rings (SSSR count). The molecule has 0 atom stereocenters. The monoisotopic (exact) mass is 445 g/mol. The zero-order valence-corrected chi connectivity index (χ0v) is 18.8. The van der Waals surface area contributed by atoms with Crippen LogP contribution >= 0.6 is 0 Å². The predicted octanol–water partition coefficient (Wildman–Crippen LogP) is 4.36. The lowest BCUT2D eigenvalue weighted by Gasteiger charge is -2.13. The van der Waals surface area contributed by atoms with Gasteiger partial charge in [0.2, 0.25) is 0 Å². The summed E-state index contributed by atoms with van der Waals surface area (Å²) >= 11 is 0. The summed E-state index contributed by atoms with van der Waals surface area (Å²) in [5, 5.41) is 2.80. The number of ether oxygens (including phenoxy) is 1. The Bertz CT molecular complexity index is 1140. The average molecular weight is 446 g/mol. The van der Waals surface area contributed by atoms with Gasteiger partial charge in [-0.15, -0.1) is 0 Å². The first kappa shape index (κ1) is 23.5. The molecule has 33 heavy (non-hydrogen) atoms. The number of benzene rings is 3. The van der Waals surface area contributed by atoms with Crippen LogP contribution in [0.2, 0.25) is 0 Å². The molecule has 3 amide bonds. The number of nitrogens with one attached hydrogen (secondary N) is 3. The maximum Gasteiger partial charge on any atom is 0.273 e. The van der Waals surface area contributed by atoms with E-state index >= 15 is 0 Å². The van der Waals surface area contributed by atoms with Crippen LogP contribution in [-0.2, 0) is 0 Å². The van der Waals surface area contributed by atoms with Gasteiger partial charge in [0.15, 0.2) is 0 Å². The molecule has 0 saturated carbocycles. The molecule has 170 valence electrons. The van der Waals surface area contributed by atoms with Crippen molar-refractivity contribution in [3.05, 3.63) is 95.1 Å². The molecule has 0 aliphatic rings. The molecular formula is C26H27N3O4. The van der Waals surface area contributed by atoms with Crippen molar-refractivity contribution in [3.63, 3.8) is 0 Å². The molecule has 0 fully saturated rings. The van der Waals surface area contributed by atoms with Crippen LogP contribution in [0.1, 0.15) is 50.5 Å². The molecule has 0 aliphatic carbocycles. The number of anilines is 1. The Morgan fingerprint density at radius 2 is 1.48 bits per heavy atom. The van der Waals surface area contributed by atoms with E-state index < -0.39 is 11.8 Å². The van der Waals surface area contributed by atoms with E-state index in [4.69, 9.17) is 4.74 Å². The molecule has 0 bridgehead atoms. The molecule has 0 spiro atoms. The molecule has 0 radical (unpaired) electrons. The van der Waals surface area contributed by atoms with Crippen LogP contribution in [0.25, 0.3) is 0 Å². The number of amides is 3. The van der Waals surface area contributed by atoms with Gasteiger partial charge in [-0.2, -0.15) is 0 Å². The van der Waals surface area contributed by atoms with E-state index in [1.54, 1.807) is 60.7 Å². The number of hydrazine groups is 1. The Kier molecular flexibility index (Phi) is 7.81. The molecule has 0 aromatic heterocycles. The highest BCUT2D eigenvalue weighted by Crippen LogP contribution is 2.18. The summed E-state index contributed by atoms with van der Waals surface area (Å²) in [6.45, 7) is 6.42. The van der Waals surface area contributed by atoms with Crippen molar-refractivity contribution in [2.24, 2.45) is 5.92 Å². The topological polar surface area (TPSA) is 96.5 Å². The van der Waals surface area contributed by atoms with Gasteiger partial charge in [0.1, 0.15) is 5.75 Å². The summed E-state index contributed by atoms with van der Waals surface area (Å²) in [5.41, 5.74) is 7.56. The van der Waals surface area contributed by atoms with E-state index in [2.05, 4.69) is 16.2 Å². The van der Waals surface area contributed by atoms with Crippen LogP contribution in [0.3, 0.4) is 0 Å². The molecular weight excluding hydrogens is 418 g/mol. The minimum absolute atomic E-state index is 0.235. The van der Waals surface area contributed by atoms with E-state index in [0.29, 0.717) is 40.7 Å². The molecule has 3 aromatic carbocycles. The number of hydrogen-bond donors (Lipinski definition) is 3. The van der Waals surface area contributed by atoms with E-state index in [1.807, 2.05) is 32.9 Å². The maximum absolute atomic E-state index is 12.5. The van der Waals surface area contributed by atoms with Gasteiger partial charge in [0.05, 0.1) is 12.2 Å². The van der Waals surface area contributed by atoms with Crippen LogP contribution < -0.4 is 20.9 Å². The molecule has 7 heteroatoms. The third kappa shape index (κ3) is 6.67. The first-order valence-corrected chi connectivity index (χ1v) is 10.6. The molecule has 0 heterocycles. The fraction of sp³-hybridized carbons (Fsp3) is 0.192. The second-order valence-corrected chi connectivity index (χ2v) is 8.01. The minimum Gasteiger partial charge on any atom is -0.492 e. The fourth-order valence-corrected chi connectivity index (χ4v) is 2.98. The Labute approximate surface area is 193 Å². The van der Waals surface area contributed by atoms with Gasteiger partial charge in [-0.1, -0.05) is 43.7 Å². The van der Waals surface area contributed by atoms with Crippen molar-refractivity contribution in [2.75, 3.05) is 11.9 Å². The third-order valence-electron chi connectivity index (χ3n) is 4.68. The number of para-hydroxylation sites is 1. The smallest absolute Gasteiger partial charge is 0.273 e. The zero-order valence-electron chi connectivity index (χ0n) is 18.8. The molecule has 0 aliphatic heterocycles. The van der Waals surface area contributed by atoms with E-state index in [9.17, 15) is 14.4 Å². The number of carbonyl (C=O) groups is 3. The van der Waals surface area contributed by atoms with E-state index in [-0.39, 0.29) is 5.91 Å². The van der Waals surface area contributed by atoms with Crippen LogP contribution in [0.5, 0.6) is 5.75 Å². The quantitative estimate of drug-likeness (QED) is 0.471. The van der Waals surface area contributed by atoms with Gasteiger partial charge in [-0.3, -0.25) is 25.2 Å². The number of rotatable bonds is 7. The number of hydrogen-bond acceptors (Lipinski definition) is 4. The number of carbonyl (C=O) groups excluding carboxylic acids is 3. The molecule has 7 nitrogen and oxygen atoms in total. The lowest BCUT2D eigenvalue weighted by atomic mass is 10.1. The van der Waals surface area contributed by atoms with Gasteiger partial charge < -0.3 is 10.1 Å². The molecule has 3 N–H and O–H groups in total. The summed E-state index contributed by atoms with van der Waals surface area (Å²) in [4.78, 5) is 37.3. The second-order valence-electron chi connectivity index (χ2n) is 8.01. The second kappa shape index (κ2) is 10.9. The first-order valence-electron chi connectivity index (χ1n) is 10.6. The van der Waals surface area contributed by atoms with Crippen molar-refractivity contribution in [1.82, 2.24) is 10.9 Å². The molecule has 0 saturated heterocycles. The summed E-state index contributed by atoms with van der Waals surface area (Å²) in [5.74, 6) is -0.441. The van der Waals surface area contributed by atoms with E-state index in [1.165, 1.54) is 0 Å². The lowest BCUT2D eigenvalue weighted by Crippen LogP contribution is -2.41. The van der Waals surface area contributed by atoms with E-state index in [0.717, 1.165) is 5.56 Å². The first-order chi connectivity index (χ1) is 15.8. The Balaban J connectivity index is 1.57. The van der Waals surface area contributed by atoms with Crippen molar-refractivity contribution < 1.29 is 19.1 Å². The SMILES string of the molecule is Cc1cccc(C(=O)Nc2ccc(C(=O)NNC(=O)c3ccccc3OCC(C)C)cc2)c1. The standard InChI is InChI=1S/C26H27N3O4/c1-17(2)16-33-23-10-5-4-9-22(23)26(32)29-28-25(31)19-11-13-21(14-12-19)27-24(30)20-8-6-7-18(3)15-20/h4-15,17H,16H2,1-3H3,(H,27,30)(H,28,31)(H,29,32). The highest BCUT2D eigenvalue weighted by Gasteiger charge is 2.14. The third-order valence-corrected chi connectivity index (χ3v) is 4.68. The van der Waals surface area contributed by atoms with Crippen molar-refractivity contribution in [2.45, 2.75) is 20.8 Å². The van der Waals surface area contributed by atoms with Gasteiger partial charge in [0, 0.05) is 16.8 Å². The largest absolute Gasteiger partial charge is 0.492 e. The molecule has 3 aromatic rings. The number of aryl methyl sites for hydroxylation is 1. The van der Waals surface area contributed by atoms with Crippen LogP contribution in [0, 0.1) is 12.8 Å². The summed E-state index contributed by atoms with van der Waals surface area (Å²) < 4.78 is 5.69. The highest BCUT2D eigenvalue weighted by atomic mass is 16.5. The Morgan fingerprint density at radius 3 is 2.18 bits per heavy atom. The Morgan fingerprint density at radius 1 is 0.788 bits per heavy atom. The normalized spacial score (nSPS) is 10.4. The van der Waals surface area contributed by atoms with Crippen molar-refractivity contribution >= 4 is 23.4 Å². The summed E-state index contributed by atoms with van der Waals surface area (Å²) in [7, 11) is 0. The summed E-state index contributed by atoms with van der Waals surface area (Å²) in [6, 6.07) is 20.5. The van der Waals surface area contributed by atoms with Crippen LogP contribution in [0.4, 0.5) is 5.69 Å². The Hall–Kier alpha value is -4.13.